The largest absolute Gasteiger partial charge is 0.299 e. The number of aromatic nitrogens is 2. The maximum absolute atomic E-state index is 4.18. The van der Waals surface area contributed by atoms with E-state index in [1.165, 1.54) is 53.7 Å². The van der Waals surface area contributed by atoms with E-state index in [1.807, 2.05) is 12.4 Å². The Kier molecular flexibility index (Phi) is 3.64. The zero-order valence-corrected chi connectivity index (χ0v) is 15.2. The van der Waals surface area contributed by atoms with Gasteiger partial charge in [0.15, 0.2) is 0 Å². The van der Waals surface area contributed by atoms with E-state index in [9.17, 15) is 0 Å². The molecule has 0 amide bonds. The summed E-state index contributed by atoms with van der Waals surface area (Å²) in [7, 11) is 0. The van der Waals surface area contributed by atoms with Gasteiger partial charge < -0.3 is 0 Å². The summed E-state index contributed by atoms with van der Waals surface area (Å²) in [5.41, 5.74) is 8.24. The van der Waals surface area contributed by atoms with Gasteiger partial charge in [0.2, 0.25) is 0 Å². The molecule has 4 heterocycles. The van der Waals surface area contributed by atoms with Crippen molar-refractivity contribution in [2.45, 2.75) is 31.7 Å². The van der Waals surface area contributed by atoms with Crippen LogP contribution in [-0.2, 0) is 12.0 Å². The maximum atomic E-state index is 4.18. The zero-order chi connectivity index (χ0) is 17.6. The highest BCUT2D eigenvalue weighted by Crippen LogP contribution is 2.46. The molecule has 3 heteroatoms. The normalized spacial score (nSPS) is 24.1. The van der Waals surface area contributed by atoms with E-state index < -0.39 is 0 Å². The number of benzene rings is 2. The minimum absolute atomic E-state index is 0.155. The Morgan fingerprint density at radius 3 is 2.35 bits per heavy atom. The number of rotatable bonds is 2. The molecule has 0 radical (unpaired) electrons. The highest BCUT2D eigenvalue weighted by Gasteiger charge is 2.42. The molecule has 2 aromatic carbocycles. The van der Waals surface area contributed by atoms with Crippen LogP contribution in [0.15, 0.2) is 61.2 Å². The molecular weight excluding hydrogens is 318 g/mol. The lowest BCUT2D eigenvalue weighted by atomic mass is 9.68. The summed E-state index contributed by atoms with van der Waals surface area (Å²) in [5, 5.41) is 0. The lowest BCUT2D eigenvalue weighted by molar-refractivity contribution is 0.190. The van der Waals surface area contributed by atoms with Crippen molar-refractivity contribution in [3.05, 3.63) is 83.4 Å². The molecule has 26 heavy (non-hydrogen) atoms. The first kappa shape index (κ1) is 15.7. The van der Waals surface area contributed by atoms with Gasteiger partial charge in [-0.3, -0.25) is 4.90 Å². The summed E-state index contributed by atoms with van der Waals surface area (Å²) in [6, 6.07) is 16.2. The molecule has 0 saturated carbocycles. The van der Waals surface area contributed by atoms with E-state index in [0.717, 1.165) is 12.1 Å². The van der Waals surface area contributed by atoms with Crippen molar-refractivity contribution in [2.75, 3.05) is 13.1 Å². The number of nitrogens with zero attached hydrogens (tertiary/aromatic N) is 3. The van der Waals surface area contributed by atoms with Gasteiger partial charge in [0.1, 0.15) is 6.33 Å². The summed E-state index contributed by atoms with van der Waals surface area (Å²) in [6.07, 6.45) is 7.80. The van der Waals surface area contributed by atoms with Crippen LogP contribution in [-0.4, -0.2) is 28.0 Å². The predicted octanol–water partition coefficient (Wildman–Crippen LogP) is 4.35. The van der Waals surface area contributed by atoms with Crippen LogP contribution in [0, 0.1) is 6.92 Å². The van der Waals surface area contributed by atoms with Crippen molar-refractivity contribution >= 4 is 0 Å². The van der Waals surface area contributed by atoms with Gasteiger partial charge >= 0.3 is 0 Å². The Bertz CT molecular complexity index is 923. The molecule has 6 rings (SSSR count). The molecule has 3 aliphatic rings. The van der Waals surface area contributed by atoms with Gasteiger partial charge in [0.25, 0.3) is 0 Å². The van der Waals surface area contributed by atoms with Crippen molar-refractivity contribution in [2.24, 2.45) is 0 Å². The highest BCUT2D eigenvalue weighted by molar-refractivity contribution is 5.64. The molecule has 1 saturated heterocycles. The summed E-state index contributed by atoms with van der Waals surface area (Å²) in [4.78, 5) is 11.0. The molecule has 3 aliphatic heterocycles. The maximum Gasteiger partial charge on any atom is 0.115 e. The van der Waals surface area contributed by atoms with E-state index in [-0.39, 0.29) is 5.41 Å². The van der Waals surface area contributed by atoms with Gasteiger partial charge in [-0.05, 0) is 61.2 Å². The first-order valence-corrected chi connectivity index (χ1v) is 9.43. The molecule has 1 aromatic heterocycles. The van der Waals surface area contributed by atoms with E-state index in [2.05, 4.69) is 64.3 Å². The van der Waals surface area contributed by atoms with Crippen LogP contribution in [0.5, 0.6) is 0 Å². The second-order valence-electron chi connectivity index (χ2n) is 7.72. The number of fused-ring (bicyclic) bond motifs is 2. The second kappa shape index (κ2) is 6.03. The Hall–Kier alpha value is -2.52. The Morgan fingerprint density at radius 1 is 0.885 bits per heavy atom. The average molecular weight is 341 g/mol. The molecule has 1 fully saturated rings. The second-order valence-corrected chi connectivity index (χ2v) is 7.72. The van der Waals surface area contributed by atoms with Crippen LogP contribution in [0.2, 0.25) is 0 Å². The average Bonchev–Trinajstić information content (AvgIpc) is 2.95. The summed E-state index contributed by atoms with van der Waals surface area (Å²) in [5.74, 6) is 0. The van der Waals surface area contributed by atoms with Crippen LogP contribution in [0.25, 0.3) is 11.1 Å². The van der Waals surface area contributed by atoms with E-state index in [1.54, 1.807) is 6.33 Å². The Morgan fingerprint density at radius 2 is 1.62 bits per heavy atom. The molecule has 3 aromatic rings. The van der Waals surface area contributed by atoms with Gasteiger partial charge in [-0.15, -0.1) is 0 Å². The molecule has 0 spiro atoms. The fourth-order valence-electron chi connectivity index (χ4n) is 4.74. The first-order chi connectivity index (χ1) is 12.7. The van der Waals surface area contributed by atoms with Gasteiger partial charge in [0, 0.05) is 29.9 Å². The van der Waals surface area contributed by atoms with Crippen molar-refractivity contribution < 1.29 is 0 Å². The monoisotopic (exact) mass is 341 g/mol. The Labute approximate surface area is 154 Å². The SMILES string of the molecule is Cc1ccc(C23CCN(CC2)Cc2cc(-c4cncnc4)ccc23)cc1. The Balaban J connectivity index is 1.66. The third kappa shape index (κ3) is 2.46. The highest BCUT2D eigenvalue weighted by atomic mass is 15.1. The summed E-state index contributed by atoms with van der Waals surface area (Å²) in [6.45, 7) is 5.56. The number of hydrogen-bond donors (Lipinski definition) is 0. The first-order valence-electron chi connectivity index (χ1n) is 9.43. The predicted molar refractivity (Wildman–Crippen MR) is 104 cm³/mol. The molecule has 0 aliphatic carbocycles. The molecule has 130 valence electrons. The van der Waals surface area contributed by atoms with Gasteiger partial charge in [-0.1, -0.05) is 42.0 Å². The number of piperidine rings is 1. The van der Waals surface area contributed by atoms with E-state index in [4.69, 9.17) is 0 Å². The molecule has 0 N–H and O–H groups in total. The third-order valence-corrected chi connectivity index (χ3v) is 6.22. The molecule has 0 atom stereocenters. The number of hydrogen-bond acceptors (Lipinski definition) is 3. The lowest BCUT2D eigenvalue weighted by Gasteiger charge is -2.39. The van der Waals surface area contributed by atoms with Crippen LogP contribution in [0.4, 0.5) is 0 Å². The third-order valence-electron chi connectivity index (χ3n) is 6.22. The van der Waals surface area contributed by atoms with Gasteiger partial charge in [-0.25, -0.2) is 9.97 Å². The fraction of sp³-hybridized carbons (Fsp3) is 0.304. The van der Waals surface area contributed by atoms with E-state index >= 15 is 0 Å². The molecule has 0 unspecified atom stereocenters. The van der Waals surface area contributed by atoms with Crippen LogP contribution < -0.4 is 0 Å². The fourth-order valence-corrected chi connectivity index (χ4v) is 4.74. The van der Waals surface area contributed by atoms with Crippen LogP contribution in [0.3, 0.4) is 0 Å². The zero-order valence-electron chi connectivity index (χ0n) is 15.2. The molecular formula is C23H23N3. The summed E-state index contributed by atoms with van der Waals surface area (Å²) < 4.78 is 0. The molecule has 3 nitrogen and oxygen atoms in total. The van der Waals surface area contributed by atoms with Crippen LogP contribution >= 0.6 is 0 Å². The lowest BCUT2D eigenvalue weighted by Crippen LogP contribution is -2.39. The van der Waals surface area contributed by atoms with E-state index in [0.29, 0.717) is 0 Å². The van der Waals surface area contributed by atoms with Crippen LogP contribution in [0.1, 0.15) is 35.1 Å². The van der Waals surface area contributed by atoms with Crippen molar-refractivity contribution in [3.63, 3.8) is 0 Å². The topological polar surface area (TPSA) is 29.0 Å². The van der Waals surface area contributed by atoms with Crippen molar-refractivity contribution in [1.82, 2.24) is 14.9 Å². The number of aryl methyl sites for hydroxylation is 1. The van der Waals surface area contributed by atoms with Crippen molar-refractivity contribution in [3.8, 4) is 11.1 Å². The van der Waals surface area contributed by atoms with Crippen molar-refractivity contribution in [1.29, 1.82) is 0 Å². The quantitative estimate of drug-likeness (QED) is 0.694. The van der Waals surface area contributed by atoms with Gasteiger partial charge in [-0.2, -0.15) is 0 Å². The minimum Gasteiger partial charge on any atom is -0.299 e. The van der Waals surface area contributed by atoms with Gasteiger partial charge in [0.05, 0.1) is 0 Å². The standard InChI is InChI=1S/C23H23N3/c1-17-2-5-21(6-3-17)23-8-10-26(11-9-23)15-19-12-18(4-7-22(19)23)20-13-24-16-25-14-20/h2-7,12-14,16H,8-11,15H2,1H3. The molecule has 2 bridgehead atoms. The summed E-state index contributed by atoms with van der Waals surface area (Å²) >= 11 is 0. The minimum atomic E-state index is 0.155. The smallest absolute Gasteiger partial charge is 0.115 e.